The van der Waals surface area contributed by atoms with E-state index >= 15 is 0 Å². The number of ketones is 1. The molecule has 1 amide bonds. The van der Waals surface area contributed by atoms with Crippen molar-refractivity contribution in [3.8, 4) is 5.75 Å². The third kappa shape index (κ3) is 3.30. The number of nitrogens with zero attached hydrogens (tertiary/aromatic N) is 2. The minimum absolute atomic E-state index is 0.0828. The van der Waals surface area contributed by atoms with Gasteiger partial charge in [0.2, 0.25) is 0 Å². The first-order chi connectivity index (χ1) is 14.5. The average molecular weight is 404 g/mol. The molecule has 0 spiro atoms. The van der Waals surface area contributed by atoms with Gasteiger partial charge in [0.05, 0.1) is 18.7 Å². The molecule has 2 heterocycles. The van der Waals surface area contributed by atoms with E-state index in [4.69, 9.17) is 4.74 Å². The van der Waals surface area contributed by atoms with Gasteiger partial charge in [0.25, 0.3) is 11.7 Å². The molecular weight excluding hydrogens is 387 g/mol. The Bertz CT molecular complexity index is 1140. The lowest BCUT2D eigenvalue weighted by atomic mass is 9.95. The first-order valence-electron chi connectivity index (χ1n) is 9.12. The van der Waals surface area contributed by atoms with E-state index in [2.05, 4.69) is 4.98 Å². The zero-order valence-electron chi connectivity index (χ0n) is 15.9. The van der Waals surface area contributed by atoms with E-state index in [0.29, 0.717) is 16.9 Å². The molecule has 1 fully saturated rings. The summed E-state index contributed by atoms with van der Waals surface area (Å²) in [7, 11) is 1.52. The number of hydrogen-bond acceptors (Lipinski definition) is 5. The van der Waals surface area contributed by atoms with Crippen molar-refractivity contribution in [3.05, 3.63) is 95.6 Å². The van der Waals surface area contributed by atoms with Gasteiger partial charge in [0.1, 0.15) is 17.3 Å². The summed E-state index contributed by atoms with van der Waals surface area (Å²) in [6.45, 7) is 0. The third-order valence-electron chi connectivity index (χ3n) is 4.92. The van der Waals surface area contributed by atoms with Gasteiger partial charge in [-0.1, -0.05) is 6.07 Å². The van der Waals surface area contributed by atoms with Crippen molar-refractivity contribution in [2.75, 3.05) is 12.0 Å². The second-order valence-electron chi connectivity index (χ2n) is 6.66. The Morgan fingerprint density at radius 1 is 1.07 bits per heavy atom. The first kappa shape index (κ1) is 19.3. The minimum Gasteiger partial charge on any atom is -0.507 e. The van der Waals surface area contributed by atoms with Gasteiger partial charge < -0.3 is 9.84 Å². The summed E-state index contributed by atoms with van der Waals surface area (Å²) >= 11 is 0. The van der Waals surface area contributed by atoms with Crippen LogP contribution >= 0.6 is 0 Å². The number of rotatable bonds is 4. The molecule has 1 N–H and O–H groups in total. The lowest BCUT2D eigenvalue weighted by molar-refractivity contribution is -0.132. The van der Waals surface area contributed by atoms with Crippen LogP contribution in [0.1, 0.15) is 17.2 Å². The number of pyridine rings is 1. The smallest absolute Gasteiger partial charge is 0.300 e. The van der Waals surface area contributed by atoms with Crippen molar-refractivity contribution in [1.82, 2.24) is 4.98 Å². The van der Waals surface area contributed by atoms with Crippen LogP contribution in [0.3, 0.4) is 0 Å². The zero-order valence-corrected chi connectivity index (χ0v) is 15.9. The number of aromatic nitrogens is 1. The number of anilines is 1. The third-order valence-corrected chi connectivity index (χ3v) is 4.92. The van der Waals surface area contributed by atoms with E-state index in [0.717, 1.165) is 0 Å². The summed E-state index contributed by atoms with van der Waals surface area (Å²) < 4.78 is 19.0. The fourth-order valence-electron chi connectivity index (χ4n) is 3.49. The average Bonchev–Trinajstić information content (AvgIpc) is 3.04. The summed E-state index contributed by atoms with van der Waals surface area (Å²) in [5, 5.41) is 11.0. The molecule has 3 aromatic rings. The van der Waals surface area contributed by atoms with Crippen molar-refractivity contribution in [2.45, 2.75) is 6.04 Å². The Balaban J connectivity index is 1.92. The SMILES string of the molecule is COc1ccc(/C(O)=C2\C(=O)C(=O)N(c3cccc(F)c3)C2c2ccncc2)cc1. The number of aliphatic hydroxyl groups excluding tert-OH is 1. The second-order valence-corrected chi connectivity index (χ2v) is 6.66. The van der Waals surface area contributed by atoms with Crippen LogP contribution in [0, 0.1) is 5.82 Å². The van der Waals surface area contributed by atoms with Gasteiger partial charge in [-0.25, -0.2) is 4.39 Å². The molecule has 150 valence electrons. The number of carbonyl (C=O) groups excluding carboxylic acids is 2. The number of benzene rings is 2. The molecule has 1 unspecified atom stereocenters. The highest BCUT2D eigenvalue weighted by molar-refractivity contribution is 6.51. The summed E-state index contributed by atoms with van der Waals surface area (Å²) in [6.07, 6.45) is 3.04. The Hall–Kier alpha value is -4.00. The highest BCUT2D eigenvalue weighted by atomic mass is 19.1. The predicted molar refractivity (Wildman–Crippen MR) is 108 cm³/mol. The van der Waals surface area contributed by atoms with Crippen molar-refractivity contribution < 1.29 is 23.8 Å². The maximum Gasteiger partial charge on any atom is 0.300 e. The summed E-state index contributed by atoms with van der Waals surface area (Å²) in [5.74, 6) is -1.99. The topological polar surface area (TPSA) is 79.7 Å². The molecule has 0 aliphatic carbocycles. The van der Waals surface area contributed by atoms with Crippen LogP contribution in [0.2, 0.25) is 0 Å². The van der Waals surface area contributed by atoms with E-state index in [1.54, 1.807) is 36.4 Å². The molecule has 1 aliphatic rings. The summed E-state index contributed by atoms with van der Waals surface area (Å²) in [5.41, 5.74) is 1.05. The molecule has 0 radical (unpaired) electrons. The maximum absolute atomic E-state index is 13.9. The number of Topliss-reactive ketones (excluding diaryl/α,β-unsaturated/α-hetero) is 1. The van der Waals surface area contributed by atoms with Gasteiger partial charge >= 0.3 is 0 Å². The van der Waals surface area contributed by atoms with Crippen molar-refractivity contribution in [1.29, 1.82) is 0 Å². The number of aliphatic hydroxyl groups is 1. The van der Waals surface area contributed by atoms with Crippen LogP contribution in [0.4, 0.5) is 10.1 Å². The monoisotopic (exact) mass is 404 g/mol. The van der Waals surface area contributed by atoms with E-state index in [1.165, 1.54) is 48.7 Å². The fraction of sp³-hybridized carbons (Fsp3) is 0.0870. The number of ether oxygens (including phenoxy) is 1. The largest absolute Gasteiger partial charge is 0.507 e. The van der Waals surface area contributed by atoms with Gasteiger partial charge in [-0.15, -0.1) is 0 Å². The van der Waals surface area contributed by atoms with Gasteiger partial charge in [0, 0.05) is 23.6 Å². The Morgan fingerprint density at radius 3 is 2.40 bits per heavy atom. The predicted octanol–water partition coefficient (Wildman–Crippen LogP) is 3.86. The van der Waals surface area contributed by atoms with Crippen molar-refractivity contribution in [2.24, 2.45) is 0 Å². The number of methoxy groups -OCH3 is 1. The van der Waals surface area contributed by atoms with Crippen LogP contribution < -0.4 is 9.64 Å². The summed E-state index contributed by atoms with van der Waals surface area (Å²) in [4.78, 5) is 31.0. The molecule has 2 aromatic carbocycles. The van der Waals surface area contributed by atoms with Gasteiger partial charge in [0.15, 0.2) is 0 Å². The number of amides is 1. The van der Waals surface area contributed by atoms with Crippen molar-refractivity contribution >= 4 is 23.1 Å². The lowest BCUT2D eigenvalue weighted by Crippen LogP contribution is -2.29. The fourth-order valence-corrected chi connectivity index (χ4v) is 3.49. The normalized spacial score (nSPS) is 17.9. The number of halogens is 1. The minimum atomic E-state index is -0.933. The zero-order chi connectivity index (χ0) is 21.3. The van der Waals surface area contributed by atoms with Crippen LogP contribution in [-0.4, -0.2) is 28.9 Å². The Morgan fingerprint density at radius 2 is 1.77 bits per heavy atom. The number of hydrogen-bond donors (Lipinski definition) is 1. The standard InChI is InChI=1S/C23H17FN2O4/c1-30-18-7-5-15(6-8-18)21(27)19-20(14-9-11-25-12-10-14)26(23(29)22(19)28)17-4-2-3-16(24)13-17/h2-13,20,27H,1H3/b21-19+. The van der Waals surface area contributed by atoms with Gasteiger partial charge in [-0.05, 0) is 60.2 Å². The molecule has 7 heteroatoms. The van der Waals surface area contributed by atoms with E-state index in [9.17, 15) is 19.1 Å². The summed E-state index contributed by atoms with van der Waals surface area (Å²) in [6, 6.07) is 14.2. The molecule has 6 nitrogen and oxygen atoms in total. The molecule has 1 saturated heterocycles. The molecule has 4 rings (SSSR count). The first-order valence-corrected chi connectivity index (χ1v) is 9.12. The molecular formula is C23H17FN2O4. The van der Waals surface area contributed by atoms with Crippen LogP contribution in [-0.2, 0) is 9.59 Å². The maximum atomic E-state index is 13.9. The molecule has 1 aromatic heterocycles. The molecule has 0 bridgehead atoms. The molecule has 1 aliphatic heterocycles. The van der Waals surface area contributed by atoms with E-state index in [-0.39, 0.29) is 17.0 Å². The van der Waals surface area contributed by atoms with E-state index in [1.807, 2.05) is 0 Å². The molecule has 30 heavy (non-hydrogen) atoms. The van der Waals surface area contributed by atoms with Crippen molar-refractivity contribution in [3.63, 3.8) is 0 Å². The molecule has 0 saturated carbocycles. The van der Waals surface area contributed by atoms with Crippen LogP contribution in [0.15, 0.2) is 78.6 Å². The quantitative estimate of drug-likeness (QED) is 0.406. The second kappa shape index (κ2) is 7.79. The lowest BCUT2D eigenvalue weighted by Gasteiger charge is -2.25. The number of carbonyl (C=O) groups is 2. The Labute approximate surface area is 171 Å². The van der Waals surface area contributed by atoms with Crippen LogP contribution in [0.25, 0.3) is 5.76 Å². The van der Waals surface area contributed by atoms with Gasteiger partial charge in [-0.3, -0.25) is 19.5 Å². The Kier molecular flexibility index (Phi) is 5.02. The van der Waals surface area contributed by atoms with Crippen LogP contribution in [0.5, 0.6) is 5.75 Å². The molecule has 1 atom stereocenters. The highest BCUT2D eigenvalue weighted by Crippen LogP contribution is 2.42. The highest BCUT2D eigenvalue weighted by Gasteiger charge is 2.47. The van der Waals surface area contributed by atoms with E-state index < -0.39 is 23.5 Å². The van der Waals surface area contributed by atoms with Gasteiger partial charge in [-0.2, -0.15) is 0 Å².